The van der Waals surface area contributed by atoms with Crippen molar-refractivity contribution in [3.63, 3.8) is 0 Å². The number of methoxy groups -OCH3 is 1. The predicted molar refractivity (Wildman–Crippen MR) is 116 cm³/mol. The first-order chi connectivity index (χ1) is 14.0. The number of hydrogen-bond acceptors (Lipinski definition) is 6. The minimum Gasteiger partial charge on any atom is -0.385 e. The summed E-state index contributed by atoms with van der Waals surface area (Å²) in [5.74, 6) is 0.865. The van der Waals surface area contributed by atoms with Crippen molar-refractivity contribution in [2.24, 2.45) is 0 Å². The minimum absolute atomic E-state index is 0.112. The zero-order valence-corrected chi connectivity index (χ0v) is 18.9. The zero-order chi connectivity index (χ0) is 21.5. The molecule has 0 radical (unpaired) electrons. The van der Waals surface area contributed by atoms with Gasteiger partial charge in [0.2, 0.25) is 11.8 Å². The summed E-state index contributed by atoms with van der Waals surface area (Å²) in [4.78, 5) is 49.2. The molecule has 166 valence electrons. The molecule has 1 fully saturated rings. The summed E-state index contributed by atoms with van der Waals surface area (Å²) >= 11 is 1.43. The third kappa shape index (κ3) is 10.9. The summed E-state index contributed by atoms with van der Waals surface area (Å²) in [5, 5.41) is -0.342. The van der Waals surface area contributed by atoms with Crippen LogP contribution in [0.25, 0.3) is 0 Å². The average Bonchev–Trinajstić information content (AvgIpc) is 2.97. The normalized spacial score (nSPS) is 16.6. The first-order valence-corrected chi connectivity index (χ1v) is 12.0. The number of hydrogen-bond donors (Lipinski definition) is 0. The Morgan fingerprint density at radius 1 is 0.966 bits per heavy atom. The Labute approximate surface area is 179 Å². The van der Waals surface area contributed by atoms with Gasteiger partial charge in [-0.1, -0.05) is 26.2 Å². The van der Waals surface area contributed by atoms with E-state index in [0.29, 0.717) is 38.0 Å². The second kappa shape index (κ2) is 15.6. The summed E-state index contributed by atoms with van der Waals surface area (Å²) in [7, 11) is 1.70. The second-order valence-corrected chi connectivity index (χ2v) is 8.91. The van der Waals surface area contributed by atoms with Gasteiger partial charge in [0.25, 0.3) is 0 Å². The van der Waals surface area contributed by atoms with Gasteiger partial charge >= 0.3 is 0 Å². The molecule has 1 rings (SSSR count). The molecular weight excluding hydrogens is 390 g/mol. The van der Waals surface area contributed by atoms with Crippen molar-refractivity contribution >= 4 is 35.1 Å². The molecule has 0 aromatic heterocycles. The number of imide groups is 1. The lowest BCUT2D eigenvalue weighted by molar-refractivity contribution is -0.138. The maximum Gasteiger partial charge on any atom is 0.242 e. The summed E-state index contributed by atoms with van der Waals surface area (Å²) in [6.07, 6.45) is 8.92. The van der Waals surface area contributed by atoms with E-state index >= 15 is 0 Å². The van der Waals surface area contributed by atoms with E-state index in [0.717, 1.165) is 51.6 Å². The van der Waals surface area contributed by atoms with E-state index in [1.54, 1.807) is 7.11 Å². The molecule has 0 N–H and O–H groups in total. The van der Waals surface area contributed by atoms with E-state index in [1.165, 1.54) is 16.7 Å². The predicted octanol–water partition coefficient (Wildman–Crippen LogP) is 3.94. The van der Waals surface area contributed by atoms with Gasteiger partial charge < -0.3 is 4.74 Å². The molecule has 0 saturated carbocycles. The van der Waals surface area contributed by atoms with Crippen LogP contribution in [0, 0.1) is 0 Å². The Bertz CT molecular complexity index is 537. The molecule has 29 heavy (non-hydrogen) atoms. The number of ketones is 2. The van der Waals surface area contributed by atoms with Gasteiger partial charge in [-0.3, -0.25) is 24.1 Å². The van der Waals surface area contributed by atoms with Crippen molar-refractivity contribution in [1.82, 2.24) is 4.90 Å². The van der Waals surface area contributed by atoms with Crippen LogP contribution in [-0.2, 0) is 23.9 Å². The number of Topliss-reactive ketones (excluding diaryl/α,β-unsaturated/α-hetero) is 2. The van der Waals surface area contributed by atoms with Gasteiger partial charge in [-0.15, -0.1) is 11.8 Å². The second-order valence-electron chi connectivity index (χ2n) is 7.60. The van der Waals surface area contributed by atoms with Crippen LogP contribution in [0.4, 0.5) is 0 Å². The Kier molecular flexibility index (Phi) is 13.9. The standard InChI is InChI=1S/C22H37NO5S/c1-3-18(24)11-8-6-9-14-23-21(26)17-20(22(23)27)29-16-13-19(25)12-7-4-5-10-15-28-2/h20H,3-17H2,1-2H3. The highest BCUT2D eigenvalue weighted by Gasteiger charge is 2.38. The summed E-state index contributed by atoms with van der Waals surface area (Å²) in [6, 6.07) is 0. The fraction of sp³-hybridized carbons (Fsp3) is 0.818. The molecule has 7 heteroatoms. The molecule has 1 unspecified atom stereocenters. The molecule has 1 heterocycles. The number of thioether (sulfide) groups is 1. The van der Waals surface area contributed by atoms with Crippen molar-refractivity contribution < 1.29 is 23.9 Å². The molecule has 0 aromatic carbocycles. The molecule has 0 bridgehead atoms. The van der Waals surface area contributed by atoms with Crippen molar-refractivity contribution in [3.05, 3.63) is 0 Å². The highest BCUT2D eigenvalue weighted by Crippen LogP contribution is 2.26. The number of rotatable bonds is 18. The first kappa shape index (κ1) is 25.8. The SMILES string of the molecule is CCC(=O)CCCCCN1C(=O)CC(SCCC(=O)CCCCCCOC)C1=O. The van der Waals surface area contributed by atoms with E-state index in [-0.39, 0.29) is 35.1 Å². The highest BCUT2D eigenvalue weighted by atomic mass is 32.2. The molecule has 2 amide bonds. The maximum atomic E-state index is 12.4. The lowest BCUT2D eigenvalue weighted by atomic mass is 10.1. The number of unbranched alkanes of at least 4 members (excludes halogenated alkanes) is 5. The Morgan fingerprint density at radius 2 is 1.62 bits per heavy atom. The monoisotopic (exact) mass is 427 g/mol. The highest BCUT2D eigenvalue weighted by molar-refractivity contribution is 8.00. The topological polar surface area (TPSA) is 80.8 Å². The van der Waals surface area contributed by atoms with Gasteiger partial charge in [0.05, 0.1) is 5.25 Å². The van der Waals surface area contributed by atoms with E-state index < -0.39 is 0 Å². The zero-order valence-electron chi connectivity index (χ0n) is 18.1. The van der Waals surface area contributed by atoms with Crippen molar-refractivity contribution in [3.8, 4) is 0 Å². The Hall–Kier alpha value is -1.21. The van der Waals surface area contributed by atoms with Crippen LogP contribution < -0.4 is 0 Å². The number of amides is 2. The molecule has 0 aromatic rings. The number of ether oxygens (including phenoxy) is 1. The van der Waals surface area contributed by atoms with Crippen molar-refractivity contribution in [1.29, 1.82) is 0 Å². The van der Waals surface area contributed by atoms with Crippen LogP contribution in [0.1, 0.15) is 84.0 Å². The molecule has 0 spiro atoms. The smallest absolute Gasteiger partial charge is 0.242 e. The van der Waals surface area contributed by atoms with Gasteiger partial charge in [0, 0.05) is 58.1 Å². The van der Waals surface area contributed by atoms with Gasteiger partial charge in [-0.05, 0) is 25.7 Å². The Balaban J connectivity index is 2.14. The molecule has 0 aliphatic carbocycles. The van der Waals surface area contributed by atoms with Gasteiger partial charge in [-0.25, -0.2) is 0 Å². The molecule has 1 aliphatic heterocycles. The van der Waals surface area contributed by atoms with E-state index in [4.69, 9.17) is 4.74 Å². The molecule has 1 atom stereocenters. The summed E-state index contributed by atoms with van der Waals surface area (Å²) in [5.41, 5.74) is 0. The van der Waals surface area contributed by atoms with Crippen LogP contribution in [0.3, 0.4) is 0 Å². The number of carbonyl (C=O) groups excluding carboxylic acids is 4. The quantitative estimate of drug-likeness (QED) is 0.243. The lowest BCUT2D eigenvalue weighted by Gasteiger charge is -2.14. The number of nitrogens with zero attached hydrogens (tertiary/aromatic N) is 1. The lowest BCUT2D eigenvalue weighted by Crippen LogP contribution is -2.32. The summed E-state index contributed by atoms with van der Waals surface area (Å²) in [6.45, 7) is 3.07. The minimum atomic E-state index is -0.342. The van der Waals surface area contributed by atoms with Gasteiger partial charge in [-0.2, -0.15) is 0 Å². The molecule has 1 saturated heterocycles. The Morgan fingerprint density at radius 3 is 2.31 bits per heavy atom. The van der Waals surface area contributed by atoms with Gasteiger partial charge in [0.15, 0.2) is 0 Å². The number of likely N-dealkylation sites (tertiary alicyclic amines) is 1. The maximum absolute atomic E-state index is 12.4. The van der Waals surface area contributed by atoms with E-state index in [2.05, 4.69) is 0 Å². The van der Waals surface area contributed by atoms with Crippen LogP contribution >= 0.6 is 11.8 Å². The molecular formula is C22H37NO5S. The average molecular weight is 428 g/mol. The van der Waals surface area contributed by atoms with Crippen molar-refractivity contribution in [2.75, 3.05) is 26.0 Å². The fourth-order valence-corrected chi connectivity index (χ4v) is 4.49. The third-order valence-corrected chi connectivity index (χ3v) is 6.40. The van der Waals surface area contributed by atoms with Crippen LogP contribution in [-0.4, -0.2) is 59.5 Å². The van der Waals surface area contributed by atoms with Crippen molar-refractivity contribution in [2.45, 2.75) is 89.2 Å². The first-order valence-electron chi connectivity index (χ1n) is 11.0. The van der Waals surface area contributed by atoms with Gasteiger partial charge in [0.1, 0.15) is 11.6 Å². The van der Waals surface area contributed by atoms with Crippen LogP contribution in [0.15, 0.2) is 0 Å². The third-order valence-electron chi connectivity index (χ3n) is 5.19. The summed E-state index contributed by atoms with van der Waals surface area (Å²) < 4.78 is 5.00. The van der Waals surface area contributed by atoms with E-state index in [9.17, 15) is 19.2 Å². The van der Waals surface area contributed by atoms with E-state index in [1.807, 2.05) is 6.92 Å². The van der Waals surface area contributed by atoms with Crippen LogP contribution in [0.2, 0.25) is 0 Å². The largest absolute Gasteiger partial charge is 0.385 e. The molecule has 1 aliphatic rings. The fourth-order valence-electron chi connectivity index (χ4n) is 3.33. The molecule has 6 nitrogen and oxygen atoms in total. The van der Waals surface area contributed by atoms with Crippen LogP contribution in [0.5, 0.6) is 0 Å². The number of carbonyl (C=O) groups is 4.